The molecule has 0 radical (unpaired) electrons. The molecule has 2 aliphatic rings. The van der Waals surface area contributed by atoms with E-state index in [-0.39, 0.29) is 43.5 Å². The number of aromatic nitrogens is 4. The molecule has 0 spiro atoms. The SMILES string of the molecule is COc1cccc2c1OCCCn1cc(nn1)CCN(C(=O)c1noc3c1CCCC3)CCNC(=O)[C@H](Cc1ccccc1)NC2=O. The van der Waals surface area contributed by atoms with Gasteiger partial charge in [-0.3, -0.25) is 19.1 Å². The van der Waals surface area contributed by atoms with Crippen LogP contribution in [0.1, 0.15) is 62.7 Å². The van der Waals surface area contributed by atoms with Crippen LogP contribution in [0.5, 0.6) is 11.5 Å². The van der Waals surface area contributed by atoms with E-state index in [2.05, 4.69) is 26.1 Å². The third kappa shape index (κ3) is 7.62. The molecule has 0 fully saturated rings. The van der Waals surface area contributed by atoms with Crippen LogP contribution in [0.4, 0.5) is 0 Å². The van der Waals surface area contributed by atoms with Crippen molar-refractivity contribution in [1.82, 2.24) is 35.7 Å². The number of rotatable bonds is 4. The normalized spacial score (nSPS) is 17.9. The van der Waals surface area contributed by atoms with E-state index >= 15 is 0 Å². The first kappa shape index (κ1) is 31.8. The molecule has 1 aliphatic heterocycles. The number of nitrogens with one attached hydrogen (secondary N) is 2. The van der Waals surface area contributed by atoms with Gasteiger partial charge in [0.2, 0.25) is 5.91 Å². The van der Waals surface area contributed by atoms with Crippen LogP contribution in [0.25, 0.3) is 0 Å². The molecule has 246 valence electrons. The average Bonchev–Trinajstić information content (AvgIpc) is 3.74. The van der Waals surface area contributed by atoms with Gasteiger partial charge >= 0.3 is 0 Å². The van der Waals surface area contributed by atoms with Crippen molar-refractivity contribution in [2.24, 2.45) is 0 Å². The van der Waals surface area contributed by atoms with Gasteiger partial charge in [0.1, 0.15) is 11.8 Å². The van der Waals surface area contributed by atoms with Crippen LogP contribution in [-0.2, 0) is 37.0 Å². The van der Waals surface area contributed by atoms with Crippen LogP contribution in [0.3, 0.4) is 0 Å². The Labute approximate surface area is 272 Å². The smallest absolute Gasteiger partial charge is 0.276 e. The standard InChI is InChI=1S/C34H39N7O6/c1-45-29-14-7-12-26-31(29)46-20-8-17-41-22-24(37-39-41)15-18-40(34(44)30-25-11-5-6-13-28(25)47-38-30)19-16-35-33(43)27(36-32(26)42)21-23-9-3-2-4-10-23/h2-4,7,9-10,12,14,22,27H,5-6,8,11,13,15-21H2,1H3,(H,35,43)(H,36,42)/t27-/m0/s1. The maximum atomic E-state index is 13.8. The van der Waals surface area contributed by atoms with Crippen molar-refractivity contribution in [2.45, 2.75) is 57.5 Å². The van der Waals surface area contributed by atoms with Crippen molar-refractivity contribution in [3.8, 4) is 11.5 Å². The number of methoxy groups -OCH3 is 1. The van der Waals surface area contributed by atoms with Gasteiger partial charge in [-0.25, -0.2) is 0 Å². The summed E-state index contributed by atoms with van der Waals surface area (Å²) in [6, 6.07) is 13.7. The van der Waals surface area contributed by atoms with Crippen LogP contribution in [0.2, 0.25) is 0 Å². The van der Waals surface area contributed by atoms with Crippen LogP contribution in [0, 0.1) is 0 Å². The van der Waals surface area contributed by atoms with E-state index in [4.69, 9.17) is 14.0 Å². The number of para-hydroxylation sites is 1. The summed E-state index contributed by atoms with van der Waals surface area (Å²) >= 11 is 0. The number of hydrogen-bond acceptors (Lipinski definition) is 9. The molecule has 2 aromatic carbocycles. The van der Waals surface area contributed by atoms with E-state index in [1.807, 2.05) is 36.5 Å². The van der Waals surface area contributed by atoms with Crippen molar-refractivity contribution >= 4 is 17.7 Å². The largest absolute Gasteiger partial charge is 0.493 e. The first-order chi connectivity index (χ1) is 23.0. The van der Waals surface area contributed by atoms with Gasteiger partial charge in [0, 0.05) is 63.6 Å². The topological polar surface area (TPSA) is 154 Å². The zero-order valence-corrected chi connectivity index (χ0v) is 26.4. The Morgan fingerprint density at radius 3 is 2.70 bits per heavy atom. The highest BCUT2D eigenvalue weighted by Crippen LogP contribution is 2.31. The molecule has 47 heavy (non-hydrogen) atoms. The molecular weight excluding hydrogens is 602 g/mol. The zero-order valence-electron chi connectivity index (χ0n) is 26.4. The lowest BCUT2D eigenvalue weighted by Crippen LogP contribution is -2.50. The molecule has 1 atom stereocenters. The van der Waals surface area contributed by atoms with Crippen LogP contribution < -0.4 is 20.1 Å². The van der Waals surface area contributed by atoms with E-state index in [1.54, 1.807) is 27.8 Å². The summed E-state index contributed by atoms with van der Waals surface area (Å²) in [7, 11) is 1.51. The summed E-state index contributed by atoms with van der Waals surface area (Å²) in [5, 5.41) is 18.6. The lowest BCUT2D eigenvalue weighted by molar-refractivity contribution is -0.123. The summed E-state index contributed by atoms with van der Waals surface area (Å²) in [6.07, 6.45) is 6.67. The molecule has 2 aromatic heterocycles. The molecule has 13 nitrogen and oxygen atoms in total. The van der Waals surface area contributed by atoms with E-state index < -0.39 is 11.9 Å². The quantitative estimate of drug-likeness (QED) is 0.343. The fourth-order valence-electron chi connectivity index (χ4n) is 5.97. The molecule has 3 heterocycles. The second kappa shape index (κ2) is 14.9. The van der Waals surface area contributed by atoms with Crippen molar-refractivity contribution < 1.29 is 28.4 Å². The molecule has 2 bridgehead atoms. The van der Waals surface area contributed by atoms with E-state index in [0.29, 0.717) is 43.1 Å². The minimum atomic E-state index is -0.896. The van der Waals surface area contributed by atoms with Gasteiger partial charge in [-0.1, -0.05) is 46.8 Å². The monoisotopic (exact) mass is 641 g/mol. The molecule has 3 amide bonds. The van der Waals surface area contributed by atoms with Gasteiger partial charge in [-0.15, -0.1) is 5.10 Å². The third-order valence-electron chi connectivity index (χ3n) is 8.47. The second-order valence-corrected chi connectivity index (χ2v) is 11.7. The average molecular weight is 642 g/mol. The van der Waals surface area contributed by atoms with Gasteiger partial charge in [0.25, 0.3) is 11.8 Å². The molecular formula is C34H39N7O6. The Hall–Kier alpha value is -5.20. The van der Waals surface area contributed by atoms with Crippen molar-refractivity contribution in [3.05, 3.63) is 88.6 Å². The summed E-state index contributed by atoms with van der Waals surface area (Å²) < 4.78 is 18.9. The van der Waals surface area contributed by atoms with Crippen molar-refractivity contribution in [1.29, 1.82) is 0 Å². The number of benzene rings is 2. The predicted octanol–water partition coefficient (Wildman–Crippen LogP) is 2.78. The van der Waals surface area contributed by atoms with Gasteiger partial charge in [0.05, 0.1) is 25.0 Å². The second-order valence-electron chi connectivity index (χ2n) is 11.7. The Bertz CT molecular complexity index is 1700. The van der Waals surface area contributed by atoms with Gasteiger partial charge in [0.15, 0.2) is 17.2 Å². The number of carbonyl (C=O) groups excluding carboxylic acids is 3. The lowest BCUT2D eigenvalue weighted by atomic mass is 9.96. The van der Waals surface area contributed by atoms with Crippen molar-refractivity contribution in [3.63, 3.8) is 0 Å². The molecule has 13 heteroatoms. The molecule has 2 N–H and O–H groups in total. The first-order valence-electron chi connectivity index (χ1n) is 16.1. The zero-order chi connectivity index (χ0) is 32.6. The molecule has 1 aliphatic carbocycles. The molecule has 0 unspecified atom stereocenters. The van der Waals surface area contributed by atoms with Gasteiger partial charge in [-0.05, 0) is 37.0 Å². The number of amides is 3. The summed E-state index contributed by atoms with van der Waals surface area (Å²) in [5.74, 6) is 0.389. The van der Waals surface area contributed by atoms with Gasteiger partial charge in [-0.2, -0.15) is 0 Å². The first-order valence-corrected chi connectivity index (χ1v) is 16.1. The highest BCUT2D eigenvalue weighted by molar-refractivity contribution is 6.00. The number of carbonyl (C=O) groups is 3. The Kier molecular flexibility index (Phi) is 10.1. The highest BCUT2D eigenvalue weighted by Gasteiger charge is 2.29. The molecule has 0 saturated heterocycles. The Morgan fingerprint density at radius 1 is 1.00 bits per heavy atom. The molecule has 0 saturated carbocycles. The third-order valence-corrected chi connectivity index (χ3v) is 8.47. The fourth-order valence-corrected chi connectivity index (χ4v) is 5.97. The van der Waals surface area contributed by atoms with Crippen LogP contribution in [-0.4, -0.2) is 82.2 Å². The molecule has 6 rings (SSSR count). The lowest BCUT2D eigenvalue weighted by Gasteiger charge is -2.24. The molecule has 4 aromatic rings. The number of nitrogens with zero attached hydrogens (tertiary/aromatic N) is 5. The van der Waals surface area contributed by atoms with E-state index in [1.165, 1.54) is 7.11 Å². The minimum absolute atomic E-state index is 0.159. The van der Waals surface area contributed by atoms with E-state index in [9.17, 15) is 14.4 Å². The number of hydrogen-bond donors (Lipinski definition) is 2. The summed E-state index contributed by atoms with van der Waals surface area (Å²) in [6.45, 7) is 1.55. The van der Waals surface area contributed by atoms with Gasteiger partial charge < -0.3 is 29.5 Å². The minimum Gasteiger partial charge on any atom is -0.493 e. The van der Waals surface area contributed by atoms with Crippen LogP contribution in [0.15, 0.2) is 59.3 Å². The fraction of sp³-hybridized carbons (Fsp3) is 0.412. The van der Waals surface area contributed by atoms with Crippen LogP contribution >= 0.6 is 0 Å². The number of fused-ring (bicyclic) bond motifs is 4. The van der Waals surface area contributed by atoms with E-state index in [0.717, 1.165) is 48.3 Å². The Balaban J connectivity index is 1.27. The number of ether oxygens (including phenoxy) is 2. The number of aryl methyl sites for hydroxylation is 2. The maximum Gasteiger partial charge on any atom is 0.276 e. The predicted molar refractivity (Wildman–Crippen MR) is 170 cm³/mol. The summed E-state index contributed by atoms with van der Waals surface area (Å²) in [5.41, 5.74) is 3.07. The van der Waals surface area contributed by atoms with Crippen molar-refractivity contribution in [2.75, 3.05) is 33.4 Å². The summed E-state index contributed by atoms with van der Waals surface area (Å²) in [4.78, 5) is 42.9. The maximum absolute atomic E-state index is 13.8. The Morgan fingerprint density at radius 2 is 1.85 bits per heavy atom. The highest BCUT2D eigenvalue weighted by atomic mass is 16.5.